The third kappa shape index (κ3) is 6.25. The molecule has 0 saturated carbocycles. The fraction of sp³-hybridized carbons (Fsp3) is 0.200. The largest absolute Gasteiger partial charge is 0.350 e. The van der Waals surface area contributed by atoms with Crippen LogP contribution in [0.1, 0.15) is 29.8 Å². The fourth-order valence-electron chi connectivity index (χ4n) is 3.36. The number of aryl methyl sites for hydroxylation is 1. The summed E-state index contributed by atoms with van der Waals surface area (Å²) in [4.78, 5) is 36.2. The minimum Gasteiger partial charge on any atom is -0.350 e. The standard InChI is InChI=1S/C25H26N4O6S/c1-17(2)26-25(31)22-9-4-5-10-23(22)27-24(30)16-28(19-7-6-8-20(15-19)29(32)33)36(34,35)21-13-11-18(3)12-14-21/h4-15,17H,16H2,1-3H3,(H,26,31)(H,27,30). The van der Waals surface area contributed by atoms with Gasteiger partial charge in [0.2, 0.25) is 5.91 Å². The molecule has 0 aliphatic heterocycles. The Morgan fingerprint density at radius 1 is 1.00 bits per heavy atom. The van der Waals surface area contributed by atoms with Crippen molar-refractivity contribution >= 4 is 38.9 Å². The van der Waals surface area contributed by atoms with Crippen LogP contribution in [-0.2, 0) is 14.8 Å². The number of anilines is 2. The van der Waals surface area contributed by atoms with Crippen LogP contribution in [-0.4, -0.2) is 37.7 Å². The zero-order chi connectivity index (χ0) is 26.5. The Balaban J connectivity index is 1.98. The van der Waals surface area contributed by atoms with E-state index in [9.17, 15) is 28.1 Å². The topological polar surface area (TPSA) is 139 Å². The maximum Gasteiger partial charge on any atom is 0.271 e. The van der Waals surface area contributed by atoms with Crippen molar-refractivity contribution in [2.75, 3.05) is 16.2 Å². The Hall–Kier alpha value is -4.25. The van der Waals surface area contributed by atoms with E-state index in [1.165, 1.54) is 42.5 Å². The third-order valence-corrected chi connectivity index (χ3v) is 6.88. The minimum atomic E-state index is -4.27. The van der Waals surface area contributed by atoms with Gasteiger partial charge in [-0.15, -0.1) is 0 Å². The number of nitro groups is 1. The number of benzene rings is 3. The number of para-hydroxylation sites is 1. The summed E-state index contributed by atoms with van der Waals surface area (Å²) in [5.74, 6) is -1.13. The molecule has 0 atom stereocenters. The summed E-state index contributed by atoms with van der Waals surface area (Å²) in [6.07, 6.45) is 0. The zero-order valence-electron chi connectivity index (χ0n) is 20.0. The molecule has 0 aliphatic carbocycles. The van der Waals surface area contributed by atoms with Crippen LogP contribution in [0, 0.1) is 17.0 Å². The molecule has 10 nitrogen and oxygen atoms in total. The van der Waals surface area contributed by atoms with Gasteiger partial charge in [0.25, 0.3) is 21.6 Å². The van der Waals surface area contributed by atoms with Crippen LogP contribution in [0.3, 0.4) is 0 Å². The molecule has 36 heavy (non-hydrogen) atoms. The normalized spacial score (nSPS) is 11.1. The maximum absolute atomic E-state index is 13.5. The fourth-order valence-corrected chi connectivity index (χ4v) is 4.78. The van der Waals surface area contributed by atoms with Gasteiger partial charge in [-0.2, -0.15) is 0 Å². The second kappa shape index (κ2) is 11.0. The highest BCUT2D eigenvalue weighted by atomic mass is 32.2. The van der Waals surface area contributed by atoms with Gasteiger partial charge in [-0.3, -0.25) is 24.0 Å². The molecule has 3 rings (SSSR count). The van der Waals surface area contributed by atoms with Gasteiger partial charge in [-0.05, 0) is 51.1 Å². The molecule has 2 N–H and O–H groups in total. The lowest BCUT2D eigenvalue weighted by Gasteiger charge is -2.24. The van der Waals surface area contributed by atoms with Crippen molar-refractivity contribution in [1.82, 2.24) is 5.32 Å². The highest BCUT2D eigenvalue weighted by Gasteiger charge is 2.28. The third-order valence-electron chi connectivity index (χ3n) is 5.09. The van der Waals surface area contributed by atoms with Gasteiger partial charge in [-0.1, -0.05) is 35.9 Å². The molecule has 0 heterocycles. The Morgan fingerprint density at radius 3 is 2.31 bits per heavy atom. The van der Waals surface area contributed by atoms with Crippen molar-refractivity contribution in [2.24, 2.45) is 0 Å². The molecule has 0 radical (unpaired) electrons. The predicted molar refractivity (Wildman–Crippen MR) is 136 cm³/mol. The number of non-ortho nitro benzene ring substituents is 1. The van der Waals surface area contributed by atoms with E-state index in [2.05, 4.69) is 10.6 Å². The Kier molecular flexibility index (Phi) is 8.05. The first-order valence-electron chi connectivity index (χ1n) is 11.0. The van der Waals surface area contributed by atoms with Crippen LogP contribution in [0.25, 0.3) is 0 Å². The quantitative estimate of drug-likeness (QED) is 0.331. The molecule has 0 aromatic heterocycles. The highest BCUT2D eigenvalue weighted by molar-refractivity contribution is 7.92. The molecule has 0 bridgehead atoms. The number of hydrogen-bond donors (Lipinski definition) is 2. The van der Waals surface area contributed by atoms with Crippen molar-refractivity contribution in [3.05, 3.63) is 94.0 Å². The summed E-state index contributed by atoms with van der Waals surface area (Å²) in [6.45, 7) is 4.71. The summed E-state index contributed by atoms with van der Waals surface area (Å²) in [7, 11) is -4.27. The number of rotatable bonds is 9. The van der Waals surface area contributed by atoms with Crippen LogP contribution in [0.15, 0.2) is 77.7 Å². The minimum absolute atomic E-state index is 0.0502. The van der Waals surface area contributed by atoms with E-state index >= 15 is 0 Å². The van der Waals surface area contributed by atoms with Crippen molar-refractivity contribution in [2.45, 2.75) is 31.7 Å². The van der Waals surface area contributed by atoms with Gasteiger partial charge in [-0.25, -0.2) is 8.42 Å². The number of carbonyl (C=O) groups excluding carboxylic acids is 2. The first-order valence-corrected chi connectivity index (χ1v) is 12.5. The Labute approximate surface area is 209 Å². The second-order valence-electron chi connectivity index (χ2n) is 8.32. The van der Waals surface area contributed by atoms with Gasteiger partial charge >= 0.3 is 0 Å². The van der Waals surface area contributed by atoms with Crippen molar-refractivity contribution in [1.29, 1.82) is 0 Å². The zero-order valence-corrected chi connectivity index (χ0v) is 20.8. The predicted octanol–water partition coefficient (Wildman–Crippen LogP) is 3.88. The van der Waals surface area contributed by atoms with Gasteiger partial charge < -0.3 is 10.6 Å². The number of sulfonamides is 1. The smallest absolute Gasteiger partial charge is 0.271 e. The number of nitro benzene ring substituents is 1. The lowest BCUT2D eigenvalue weighted by Crippen LogP contribution is -2.38. The summed E-state index contributed by atoms with van der Waals surface area (Å²) in [5, 5.41) is 16.6. The number of carbonyl (C=O) groups is 2. The Bertz CT molecular complexity index is 1390. The lowest BCUT2D eigenvalue weighted by molar-refractivity contribution is -0.384. The van der Waals surface area contributed by atoms with Crippen molar-refractivity contribution in [3.63, 3.8) is 0 Å². The molecule has 0 fully saturated rings. The van der Waals surface area contributed by atoms with E-state index in [4.69, 9.17) is 0 Å². The second-order valence-corrected chi connectivity index (χ2v) is 10.2. The van der Waals surface area contributed by atoms with E-state index in [1.807, 2.05) is 0 Å². The molecule has 188 valence electrons. The van der Waals surface area contributed by atoms with Crippen LogP contribution in [0.4, 0.5) is 17.1 Å². The van der Waals surface area contributed by atoms with E-state index in [0.717, 1.165) is 15.9 Å². The van der Waals surface area contributed by atoms with E-state index in [1.54, 1.807) is 45.0 Å². The lowest BCUT2D eigenvalue weighted by atomic mass is 10.1. The molecule has 0 saturated heterocycles. The number of nitrogens with zero attached hydrogens (tertiary/aromatic N) is 2. The van der Waals surface area contributed by atoms with Crippen LogP contribution in [0.5, 0.6) is 0 Å². The molecule has 3 aromatic rings. The summed E-state index contributed by atoms with van der Waals surface area (Å²) < 4.78 is 27.8. The molecule has 0 spiro atoms. The average molecular weight is 511 g/mol. The van der Waals surface area contributed by atoms with E-state index in [-0.39, 0.29) is 33.6 Å². The van der Waals surface area contributed by atoms with Crippen molar-refractivity contribution in [3.8, 4) is 0 Å². The summed E-state index contributed by atoms with van der Waals surface area (Å²) >= 11 is 0. The molecule has 0 unspecified atom stereocenters. The van der Waals surface area contributed by atoms with Gasteiger partial charge in [0.1, 0.15) is 6.54 Å². The van der Waals surface area contributed by atoms with Crippen LogP contribution < -0.4 is 14.9 Å². The molecular formula is C25H26N4O6S. The first-order chi connectivity index (χ1) is 17.0. The molecule has 3 aromatic carbocycles. The van der Waals surface area contributed by atoms with E-state index < -0.39 is 33.3 Å². The molecule has 2 amide bonds. The number of nitrogens with one attached hydrogen (secondary N) is 2. The van der Waals surface area contributed by atoms with Gasteiger partial charge in [0.05, 0.1) is 26.8 Å². The molecule has 0 aliphatic rings. The number of hydrogen-bond acceptors (Lipinski definition) is 6. The monoisotopic (exact) mass is 510 g/mol. The van der Waals surface area contributed by atoms with E-state index in [0.29, 0.717) is 0 Å². The van der Waals surface area contributed by atoms with Crippen molar-refractivity contribution < 1.29 is 22.9 Å². The molecule has 11 heteroatoms. The molecular weight excluding hydrogens is 484 g/mol. The van der Waals surface area contributed by atoms with Gasteiger partial charge in [0.15, 0.2) is 0 Å². The maximum atomic E-state index is 13.5. The first kappa shape index (κ1) is 26.4. The summed E-state index contributed by atoms with van der Waals surface area (Å²) in [6, 6.07) is 17.3. The van der Waals surface area contributed by atoms with Gasteiger partial charge in [0, 0.05) is 18.2 Å². The van der Waals surface area contributed by atoms with Crippen LogP contribution >= 0.6 is 0 Å². The SMILES string of the molecule is Cc1ccc(S(=O)(=O)N(CC(=O)Nc2ccccc2C(=O)NC(C)C)c2cccc([N+](=O)[O-])c2)cc1. The number of amides is 2. The Morgan fingerprint density at radius 2 is 1.67 bits per heavy atom. The summed E-state index contributed by atoms with van der Waals surface area (Å²) in [5.41, 5.74) is 0.874. The van der Waals surface area contributed by atoms with Crippen LogP contribution in [0.2, 0.25) is 0 Å². The average Bonchev–Trinajstić information content (AvgIpc) is 2.82. The highest BCUT2D eigenvalue weighted by Crippen LogP contribution is 2.27.